The Labute approximate surface area is 85.4 Å². The second-order valence-corrected chi connectivity index (χ2v) is 3.16. The van der Waals surface area contributed by atoms with Gasteiger partial charge in [0, 0.05) is 5.92 Å². The van der Waals surface area contributed by atoms with E-state index in [0.29, 0.717) is 0 Å². The monoisotopic (exact) mass is 187 g/mol. The highest BCUT2D eigenvalue weighted by molar-refractivity contribution is 5.68. The van der Waals surface area contributed by atoms with Crippen LogP contribution in [0.2, 0.25) is 0 Å². The van der Waals surface area contributed by atoms with Gasteiger partial charge in [-0.1, -0.05) is 50.4 Å². The van der Waals surface area contributed by atoms with Crippen molar-refractivity contribution in [3.05, 3.63) is 54.0 Å². The van der Waals surface area contributed by atoms with Crippen molar-refractivity contribution >= 4 is 12.2 Å². The molecule has 1 nitrogen and oxygen atoms in total. The zero-order valence-electron chi connectivity index (χ0n) is 8.46. The molecule has 0 aliphatic heterocycles. The topological polar surface area (TPSA) is 20.2 Å². The van der Waals surface area contributed by atoms with E-state index in [9.17, 15) is 0 Å². The van der Waals surface area contributed by atoms with E-state index < -0.39 is 0 Å². The summed E-state index contributed by atoms with van der Waals surface area (Å²) in [7, 11) is 0. The average Bonchev–Trinajstić information content (AvgIpc) is 2.26. The maximum absolute atomic E-state index is 9.07. The first-order chi connectivity index (χ1) is 6.74. The van der Waals surface area contributed by atoms with Gasteiger partial charge in [0.1, 0.15) is 0 Å². The molecule has 1 rings (SSSR count). The predicted molar refractivity (Wildman–Crippen MR) is 61.7 cm³/mol. The van der Waals surface area contributed by atoms with Crippen LogP contribution >= 0.6 is 0 Å². The Morgan fingerprint density at radius 2 is 2.07 bits per heavy atom. The van der Waals surface area contributed by atoms with Gasteiger partial charge in [0.05, 0.1) is 6.61 Å². The summed E-state index contributed by atoms with van der Waals surface area (Å²) >= 11 is 0. The van der Waals surface area contributed by atoms with Gasteiger partial charge in [-0.3, -0.25) is 0 Å². The Morgan fingerprint density at radius 1 is 1.36 bits per heavy atom. The van der Waals surface area contributed by atoms with Gasteiger partial charge in [0.25, 0.3) is 0 Å². The van der Waals surface area contributed by atoms with Crippen LogP contribution in [0.15, 0.2) is 31.4 Å². The summed E-state index contributed by atoms with van der Waals surface area (Å²) in [4.78, 5) is 0. The second kappa shape index (κ2) is 4.77. The maximum Gasteiger partial charge on any atom is 0.0534 e. The van der Waals surface area contributed by atoms with Gasteiger partial charge in [-0.2, -0.15) is 0 Å². The number of hydrogen-bond donors (Lipinski definition) is 1. The summed E-state index contributed by atoms with van der Waals surface area (Å²) in [6.45, 7) is 9.50. The maximum atomic E-state index is 9.07. The minimum absolute atomic E-state index is 0.0709. The van der Waals surface area contributed by atoms with E-state index in [1.807, 2.05) is 25.1 Å². The lowest BCUT2D eigenvalue weighted by atomic mass is 9.93. The molecular weight excluding hydrogens is 172 g/mol. The SMILES string of the molecule is C=Cc1cccc([C](C)CO)c1C=C. The molecule has 1 aromatic rings. The van der Waals surface area contributed by atoms with Crippen LogP contribution in [-0.2, 0) is 0 Å². The summed E-state index contributed by atoms with van der Waals surface area (Å²) in [6.07, 6.45) is 3.59. The number of aliphatic hydroxyl groups excluding tert-OH is 1. The molecule has 0 amide bonds. The molecule has 0 saturated carbocycles. The van der Waals surface area contributed by atoms with Crippen molar-refractivity contribution in [3.63, 3.8) is 0 Å². The van der Waals surface area contributed by atoms with E-state index in [2.05, 4.69) is 13.2 Å². The van der Waals surface area contributed by atoms with Crippen LogP contribution in [0.1, 0.15) is 23.6 Å². The molecule has 0 aliphatic carbocycles. The fourth-order valence-corrected chi connectivity index (χ4v) is 1.45. The van der Waals surface area contributed by atoms with Crippen molar-refractivity contribution in [2.45, 2.75) is 6.92 Å². The number of hydrogen-bond acceptors (Lipinski definition) is 1. The van der Waals surface area contributed by atoms with Crippen LogP contribution in [-0.4, -0.2) is 11.7 Å². The van der Waals surface area contributed by atoms with E-state index in [-0.39, 0.29) is 6.61 Å². The Hall–Kier alpha value is -1.34. The van der Waals surface area contributed by atoms with Crippen molar-refractivity contribution < 1.29 is 5.11 Å². The minimum Gasteiger partial charge on any atom is -0.395 e. The van der Waals surface area contributed by atoms with Gasteiger partial charge in [-0.15, -0.1) is 0 Å². The van der Waals surface area contributed by atoms with E-state index in [0.717, 1.165) is 22.6 Å². The summed E-state index contributed by atoms with van der Waals surface area (Å²) in [6, 6.07) is 5.92. The van der Waals surface area contributed by atoms with E-state index >= 15 is 0 Å². The highest BCUT2D eigenvalue weighted by Gasteiger charge is 2.09. The normalized spacial score (nSPS) is 10.2. The van der Waals surface area contributed by atoms with Crippen molar-refractivity contribution in [1.29, 1.82) is 0 Å². The van der Waals surface area contributed by atoms with Crippen LogP contribution in [0, 0.1) is 5.92 Å². The molecule has 1 N–H and O–H groups in total. The zero-order valence-corrected chi connectivity index (χ0v) is 8.46. The van der Waals surface area contributed by atoms with Gasteiger partial charge in [0.15, 0.2) is 0 Å². The van der Waals surface area contributed by atoms with Crippen LogP contribution in [0.4, 0.5) is 0 Å². The first kappa shape index (κ1) is 10.7. The van der Waals surface area contributed by atoms with Crippen molar-refractivity contribution in [2.75, 3.05) is 6.61 Å². The van der Waals surface area contributed by atoms with Gasteiger partial charge in [0.2, 0.25) is 0 Å². The second-order valence-electron chi connectivity index (χ2n) is 3.16. The van der Waals surface area contributed by atoms with Crippen molar-refractivity contribution in [1.82, 2.24) is 0 Å². The van der Waals surface area contributed by atoms with Crippen molar-refractivity contribution in [3.8, 4) is 0 Å². The lowest BCUT2D eigenvalue weighted by Crippen LogP contribution is -2.03. The fourth-order valence-electron chi connectivity index (χ4n) is 1.45. The highest BCUT2D eigenvalue weighted by Crippen LogP contribution is 2.23. The Morgan fingerprint density at radius 3 is 2.57 bits per heavy atom. The zero-order chi connectivity index (χ0) is 10.6. The average molecular weight is 187 g/mol. The summed E-state index contributed by atoms with van der Waals surface area (Å²) < 4.78 is 0. The molecular formula is C13H15O. The standard InChI is InChI=1S/C13H15O/c1-4-11-7-6-8-13(10(3)9-14)12(11)5-2/h4-8,14H,1-2,9H2,3H3. The minimum atomic E-state index is 0.0709. The lowest BCUT2D eigenvalue weighted by molar-refractivity contribution is 0.315. The Kier molecular flexibility index (Phi) is 3.66. The Balaban J connectivity index is 3.28. The molecule has 73 valence electrons. The summed E-state index contributed by atoms with van der Waals surface area (Å²) in [5.74, 6) is 0.948. The van der Waals surface area contributed by atoms with Gasteiger partial charge < -0.3 is 5.11 Å². The van der Waals surface area contributed by atoms with Crippen LogP contribution < -0.4 is 0 Å². The summed E-state index contributed by atoms with van der Waals surface area (Å²) in [5, 5.41) is 9.07. The third kappa shape index (κ3) is 1.94. The van der Waals surface area contributed by atoms with Gasteiger partial charge >= 0.3 is 0 Å². The molecule has 0 heterocycles. The van der Waals surface area contributed by atoms with E-state index in [1.165, 1.54) is 0 Å². The number of rotatable bonds is 4. The lowest BCUT2D eigenvalue weighted by Gasteiger charge is -2.13. The molecule has 0 atom stereocenters. The van der Waals surface area contributed by atoms with Crippen LogP contribution in [0.5, 0.6) is 0 Å². The molecule has 0 bridgehead atoms. The molecule has 0 saturated heterocycles. The van der Waals surface area contributed by atoms with Crippen molar-refractivity contribution in [2.24, 2.45) is 0 Å². The van der Waals surface area contributed by atoms with E-state index in [4.69, 9.17) is 5.11 Å². The molecule has 14 heavy (non-hydrogen) atoms. The van der Waals surface area contributed by atoms with Gasteiger partial charge in [-0.25, -0.2) is 0 Å². The largest absolute Gasteiger partial charge is 0.395 e. The summed E-state index contributed by atoms with van der Waals surface area (Å²) in [5.41, 5.74) is 3.12. The molecule has 1 aromatic carbocycles. The molecule has 0 fully saturated rings. The molecule has 0 unspecified atom stereocenters. The molecule has 0 aromatic heterocycles. The highest BCUT2D eigenvalue weighted by atomic mass is 16.3. The molecule has 1 heteroatoms. The smallest absolute Gasteiger partial charge is 0.0534 e. The predicted octanol–water partition coefficient (Wildman–Crippen LogP) is 2.91. The quantitative estimate of drug-likeness (QED) is 0.768. The third-order valence-electron chi connectivity index (χ3n) is 2.26. The first-order valence-electron chi connectivity index (χ1n) is 4.56. The Bertz CT molecular complexity index is 339. The molecule has 0 aliphatic rings. The van der Waals surface area contributed by atoms with Crippen LogP contribution in [0.25, 0.3) is 12.2 Å². The molecule has 1 radical (unpaired) electrons. The number of aliphatic hydroxyl groups is 1. The third-order valence-corrected chi connectivity index (χ3v) is 2.26. The van der Waals surface area contributed by atoms with E-state index in [1.54, 1.807) is 12.2 Å². The van der Waals surface area contributed by atoms with Crippen LogP contribution in [0.3, 0.4) is 0 Å². The fraction of sp³-hybridized carbons (Fsp3) is 0.154. The first-order valence-corrected chi connectivity index (χ1v) is 4.56. The molecule has 0 spiro atoms. The number of benzene rings is 1. The van der Waals surface area contributed by atoms with Gasteiger partial charge in [-0.05, 0) is 16.7 Å².